The number of carboxylic acid groups (broad SMARTS) is 1. The summed E-state index contributed by atoms with van der Waals surface area (Å²) in [5.41, 5.74) is -0.922. The van der Waals surface area contributed by atoms with E-state index in [1.165, 1.54) is 14.0 Å². The number of aliphatic hydroxyl groups excluding tert-OH is 1. The summed E-state index contributed by atoms with van der Waals surface area (Å²) in [5.74, 6) is -0.645. The Morgan fingerprint density at radius 3 is 2.62 bits per heavy atom. The molecule has 0 saturated carbocycles. The Kier molecular flexibility index (Phi) is 3.93. The number of carbonyl (C=O) groups is 1. The Balaban J connectivity index is 3.39. The van der Waals surface area contributed by atoms with Gasteiger partial charge in [0.1, 0.15) is 11.2 Å². The van der Waals surface area contributed by atoms with Crippen LogP contribution in [0.3, 0.4) is 0 Å². The second-order valence-corrected chi connectivity index (χ2v) is 4.56. The maximum Gasteiger partial charge on any atom is 0.316 e. The van der Waals surface area contributed by atoms with Gasteiger partial charge < -0.3 is 14.9 Å². The summed E-state index contributed by atoms with van der Waals surface area (Å²) in [6.07, 6.45) is 0. The number of ether oxygens (including phenoxy) is 1. The van der Waals surface area contributed by atoms with Crippen LogP contribution in [0.2, 0.25) is 0 Å². The number of hydrogen-bond acceptors (Lipinski definition) is 3. The van der Waals surface area contributed by atoms with E-state index in [1.807, 2.05) is 0 Å². The third-order valence-electron chi connectivity index (χ3n) is 2.54. The number of aliphatic hydroxyl groups is 1. The topological polar surface area (TPSA) is 66.8 Å². The summed E-state index contributed by atoms with van der Waals surface area (Å²) in [4.78, 5) is 11.2. The van der Waals surface area contributed by atoms with Crippen LogP contribution in [0.15, 0.2) is 22.7 Å². The molecule has 1 aromatic rings. The number of aliphatic carboxylic acids is 1. The average molecular weight is 289 g/mol. The first-order chi connectivity index (χ1) is 7.45. The van der Waals surface area contributed by atoms with E-state index in [4.69, 9.17) is 9.84 Å². The molecule has 4 nitrogen and oxygen atoms in total. The van der Waals surface area contributed by atoms with Gasteiger partial charge in [0.15, 0.2) is 0 Å². The summed E-state index contributed by atoms with van der Waals surface area (Å²) >= 11 is 3.27. The first-order valence-electron chi connectivity index (χ1n) is 4.64. The molecule has 1 unspecified atom stereocenters. The lowest BCUT2D eigenvalue weighted by molar-refractivity contribution is -0.144. The highest BCUT2D eigenvalue weighted by Gasteiger charge is 2.37. The maximum atomic E-state index is 11.2. The van der Waals surface area contributed by atoms with Crippen molar-refractivity contribution in [2.45, 2.75) is 12.3 Å². The van der Waals surface area contributed by atoms with E-state index in [2.05, 4.69) is 15.9 Å². The molecule has 0 aliphatic carbocycles. The van der Waals surface area contributed by atoms with Crippen molar-refractivity contribution in [3.8, 4) is 5.75 Å². The molecule has 0 aliphatic rings. The van der Waals surface area contributed by atoms with Gasteiger partial charge in [0.25, 0.3) is 0 Å². The summed E-state index contributed by atoms with van der Waals surface area (Å²) in [6.45, 7) is 0.967. The average Bonchev–Trinajstić information content (AvgIpc) is 2.27. The minimum absolute atomic E-state index is 0.444. The van der Waals surface area contributed by atoms with Crippen molar-refractivity contribution in [1.82, 2.24) is 0 Å². The lowest BCUT2D eigenvalue weighted by Crippen LogP contribution is -2.36. The van der Waals surface area contributed by atoms with Crippen molar-refractivity contribution in [3.63, 3.8) is 0 Å². The summed E-state index contributed by atoms with van der Waals surface area (Å²) in [7, 11) is 1.46. The van der Waals surface area contributed by atoms with E-state index in [0.717, 1.165) is 4.47 Å². The third-order valence-corrected chi connectivity index (χ3v) is 3.04. The number of methoxy groups -OCH3 is 1. The van der Waals surface area contributed by atoms with E-state index in [1.54, 1.807) is 18.2 Å². The summed E-state index contributed by atoms with van der Waals surface area (Å²) in [6, 6.07) is 5.06. The Labute approximate surface area is 102 Å². The van der Waals surface area contributed by atoms with Gasteiger partial charge in [-0.2, -0.15) is 0 Å². The Bertz CT molecular complexity index is 405. The fraction of sp³-hybridized carbons (Fsp3) is 0.364. The second kappa shape index (κ2) is 4.84. The van der Waals surface area contributed by atoms with E-state index >= 15 is 0 Å². The van der Waals surface area contributed by atoms with Crippen molar-refractivity contribution >= 4 is 21.9 Å². The maximum absolute atomic E-state index is 11.2. The van der Waals surface area contributed by atoms with E-state index < -0.39 is 18.0 Å². The van der Waals surface area contributed by atoms with E-state index in [0.29, 0.717) is 11.3 Å². The zero-order valence-electron chi connectivity index (χ0n) is 9.03. The van der Waals surface area contributed by atoms with Crippen LogP contribution >= 0.6 is 15.9 Å². The summed E-state index contributed by atoms with van der Waals surface area (Å²) in [5, 5.41) is 18.4. The van der Waals surface area contributed by atoms with Crippen LogP contribution in [0, 0.1) is 0 Å². The Morgan fingerprint density at radius 1 is 1.56 bits per heavy atom. The molecule has 0 spiro atoms. The van der Waals surface area contributed by atoms with E-state index in [-0.39, 0.29) is 0 Å². The van der Waals surface area contributed by atoms with Crippen molar-refractivity contribution < 1.29 is 19.7 Å². The predicted molar refractivity (Wildman–Crippen MR) is 62.8 cm³/mol. The molecule has 5 heteroatoms. The quantitative estimate of drug-likeness (QED) is 0.887. The second-order valence-electron chi connectivity index (χ2n) is 3.64. The largest absolute Gasteiger partial charge is 0.496 e. The molecule has 0 bridgehead atoms. The number of rotatable bonds is 4. The van der Waals surface area contributed by atoms with Crippen LogP contribution in [-0.2, 0) is 10.2 Å². The van der Waals surface area contributed by atoms with Gasteiger partial charge in [-0.3, -0.25) is 4.79 Å². The fourth-order valence-corrected chi connectivity index (χ4v) is 1.74. The molecule has 1 rings (SSSR count). The molecule has 0 aromatic heterocycles. The highest BCUT2D eigenvalue weighted by atomic mass is 79.9. The molecule has 0 fully saturated rings. The number of hydrogen-bond donors (Lipinski definition) is 2. The molecule has 0 aliphatic heterocycles. The molecular weight excluding hydrogens is 276 g/mol. The SMILES string of the molecule is COc1ccc(Br)cc1C(C)(CO)C(=O)O. The van der Waals surface area contributed by atoms with Gasteiger partial charge in [-0.05, 0) is 25.1 Å². The highest BCUT2D eigenvalue weighted by molar-refractivity contribution is 9.10. The minimum Gasteiger partial charge on any atom is -0.496 e. The Hall–Kier alpha value is -1.07. The molecule has 1 aromatic carbocycles. The molecule has 0 heterocycles. The molecular formula is C11H13BrO4. The molecule has 0 saturated heterocycles. The smallest absolute Gasteiger partial charge is 0.316 e. The monoisotopic (exact) mass is 288 g/mol. The van der Waals surface area contributed by atoms with Crippen LogP contribution in [0.25, 0.3) is 0 Å². The van der Waals surface area contributed by atoms with Crippen molar-refractivity contribution in [2.75, 3.05) is 13.7 Å². The van der Waals surface area contributed by atoms with Gasteiger partial charge in [-0.1, -0.05) is 15.9 Å². The van der Waals surface area contributed by atoms with Gasteiger partial charge in [-0.15, -0.1) is 0 Å². The number of benzene rings is 1. The van der Waals surface area contributed by atoms with Gasteiger partial charge in [0.2, 0.25) is 0 Å². The normalized spacial score (nSPS) is 14.2. The number of carboxylic acids is 1. The number of halogens is 1. The molecule has 1 atom stereocenters. The van der Waals surface area contributed by atoms with Crippen LogP contribution in [0.4, 0.5) is 0 Å². The van der Waals surface area contributed by atoms with Crippen LogP contribution < -0.4 is 4.74 Å². The first kappa shape index (κ1) is 13.0. The standard InChI is InChI=1S/C11H13BrO4/c1-11(6-13,10(14)15)8-5-7(12)3-4-9(8)16-2/h3-5,13H,6H2,1-2H3,(H,14,15). The van der Waals surface area contributed by atoms with Crippen molar-refractivity contribution in [3.05, 3.63) is 28.2 Å². The molecule has 0 amide bonds. The highest BCUT2D eigenvalue weighted by Crippen LogP contribution is 2.34. The molecule has 88 valence electrons. The van der Waals surface area contributed by atoms with Crippen LogP contribution in [0.5, 0.6) is 5.75 Å². The fourth-order valence-electron chi connectivity index (χ4n) is 1.38. The molecule has 16 heavy (non-hydrogen) atoms. The van der Waals surface area contributed by atoms with Crippen molar-refractivity contribution in [1.29, 1.82) is 0 Å². The summed E-state index contributed by atoms with van der Waals surface area (Å²) < 4.78 is 5.84. The lowest BCUT2D eigenvalue weighted by atomic mass is 9.83. The van der Waals surface area contributed by atoms with Crippen molar-refractivity contribution in [2.24, 2.45) is 0 Å². The third kappa shape index (κ3) is 2.20. The zero-order valence-corrected chi connectivity index (χ0v) is 10.6. The predicted octanol–water partition coefficient (Wildman–Crippen LogP) is 1.79. The Morgan fingerprint density at radius 2 is 2.19 bits per heavy atom. The molecule has 0 radical (unpaired) electrons. The van der Waals surface area contributed by atoms with Crippen LogP contribution in [-0.4, -0.2) is 29.9 Å². The lowest BCUT2D eigenvalue weighted by Gasteiger charge is -2.24. The van der Waals surface area contributed by atoms with Crippen LogP contribution in [0.1, 0.15) is 12.5 Å². The van der Waals surface area contributed by atoms with Gasteiger partial charge >= 0.3 is 5.97 Å². The minimum atomic E-state index is -1.37. The van der Waals surface area contributed by atoms with Gasteiger partial charge in [0, 0.05) is 10.0 Å². The zero-order chi connectivity index (χ0) is 12.3. The van der Waals surface area contributed by atoms with E-state index in [9.17, 15) is 9.90 Å². The first-order valence-corrected chi connectivity index (χ1v) is 5.43. The van der Waals surface area contributed by atoms with Gasteiger partial charge in [0.05, 0.1) is 13.7 Å². The molecule has 2 N–H and O–H groups in total. The van der Waals surface area contributed by atoms with Gasteiger partial charge in [-0.25, -0.2) is 0 Å².